The first-order valence-corrected chi connectivity index (χ1v) is 6.22. The van der Waals surface area contributed by atoms with Gasteiger partial charge in [0, 0.05) is 19.1 Å². The summed E-state index contributed by atoms with van der Waals surface area (Å²) in [6, 6.07) is 7.97. The van der Waals surface area contributed by atoms with Gasteiger partial charge in [-0.05, 0) is 24.6 Å². The fourth-order valence-electron chi connectivity index (χ4n) is 2.19. The van der Waals surface area contributed by atoms with Crippen LogP contribution in [0, 0.1) is 0 Å². The van der Waals surface area contributed by atoms with Crippen LogP contribution in [0.3, 0.4) is 0 Å². The third-order valence-electron chi connectivity index (χ3n) is 3.41. The van der Waals surface area contributed by atoms with E-state index in [9.17, 15) is 4.79 Å². The number of carbonyl (C=O) groups excluding carboxylic acids is 1. The van der Waals surface area contributed by atoms with Gasteiger partial charge in [0.05, 0.1) is 25.9 Å². The van der Waals surface area contributed by atoms with Crippen molar-refractivity contribution >= 4 is 5.97 Å². The van der Waals surface area contributed by atoms with Gasteiger partial charge in [-0.25, -0.2) is 4.79 Å². The zero-order valence-electron chi connectivity index (χ0n) is 10.9. The van der Waals surface area contributed by atoms with Gasteiger partial charge in [-0.2, -0.15) is 0 Å². The highest BCUT2D eigenvalue weighted by atomic mass is 16.5. The summed E-state index contributed by atoms with van der Waals surface area (Å²) >= 11 is 0. The SMILES string of the molecule is COC(=O)c1ccc([C@@H](C)N2CCOCC2)cc1. The van der Waals surface area contributed by atoms with Crippen LogP contribution in [0.5, 0.6) is 0 Å². The molecule has 1 aromatic carbocycles. The Balaban J connectivity index is 2.06. The highest BCUT2D eigenvalue weighted by Gasteiger charge is 2.18. The number of carbonyl (C=O) groups is 1. The van der Waals surface area contributed by atoms with Gasteiger partial charge < -0.3 is 9.47 Å². The molecule has 0 aromatic heterocycles. The number of methoxy groups -OCH3 is 1. The number of hydrogen-bond donors (Lipinski definition) is 0. The smallest absolute Gasteiger partial charge is 0.337 e. The molecule has 1 fully saturated rings. The monoisotopic (exact) mass is 249 g/mol. The van der Waals surface area contributed by atoms with E-state index in [4.69, 9.17) is 4.74 Å². The molecule has 1 heterocycles. The molecule has 1 aliphatic rings. The maximum atomic E-state index is 11.3. The van der Waals surface area contributed by atoms with E-state index in [-0.39, 0.29) is 5.97 Å². The molecule has 0 saturated carbocycles. The summed E-state index contributed by atoms with van der Waals surface area (Å²) in [6.45, 7) is 5.69. The lowest BCUT2D eigenvalue weighted by molar-refractivity contribution is 0.0198. The van der Waals surface area contributed by atoms with Crippen LogP contribution in [0.1, 0.15) is 28.9 Å². The molecule has 0 amide bonds. The van der Waals surface area contributed by atoms with E-state index in [1.807, 2.05) is 24.3 Å². The Morgan fingerprint density at radius 3 is 2.44 bits per heavy atom. The Hall–Kier alpha value is -1.39. The molecule has 1 saturated heterocycles. The molecule has 0 bridgehead atoms. The van der Waals surface area contributed by atoms with Crippen LogP contribution in [0.4, 0.5) is 0 Å². The van der Waals surface area contributed by atoms with Crippen molar-refractivity contribution in [2.75, 3.05) is 33.4 Å². The number of hydrogen-bond acceptors (Lipinski definition) is 4. The standard InChI is InChI=1S/C14H19NO3/c1-11(15-7-9-18-10-8-15)12-3-5-13(6-4-12)14(16)17-2/h3-6,11H,7-10H2,1-2H3/t11-/m1/s1. The summed E-state index contributed by atoms with van der Waals surface area (Å²) in [4.78, 5) is 13.7. The second-order valence-electron chi connectivity index (χ2n) is 4.44. The van der Waals surface area contributed by atoms with E-state index < -0.39 is 0 Å². The van der Waals surface area contributed by atoms with Crippen molar-refractivity contribution in [2.45, 2.75) is 13.0 Å². The maximum absolute atomic E-state index is 11.3. The zero-order chi connectivity index (χ0) is 13.0. The number of ether oxygens (including phenoxy) is 2. The molecule has 1 atom stereocenters. The molecular formula is C14H19NO3. The van der Waals surface area contributed by atoms with Gasteiger partial charge in [0.15, 0.2) is 0 Å². The van der Waals surface area contributed by atoms with Gasteiger partial charge in [-0.15, -0.1) is 0 Å². The lowest BCUT2D eigenvalue weighted by Crippen LogP contribution is -2.38. The molecule has 0 spiro atoms. The van der Waals surface area contributed by atoms with Gasteiger partial charge in [0.1, 0.15) is 0 Å². The lowest BCUT2D eigenvalue weighted by Gasteiger charge is -2.32. The van der Waals surface area contributed by atoms with E-state index in [2.05, 4.69) is 16.6 Å². The molecule has 1 aromatic rings. The Morgan fingerprint density at radius 2 is 1.89 bits per heavy atom. The van der Waals surface area contributed by atoms with Crippen molar-refractivity contribution in [2.24, 2.45) is 0 Å². The summed E-state index contributed by atoms with van der Waals surface area (Å²) in [7, 11) is 1.40. The summed E-state index contributed by atoms with van der Waals surface area (Å²) in [5.41, 5.74) is 1.81. The van der Waals surface area contributed by atoms with Crippen molar-refractivity contribution in [1.29, 1.82) is 0 Å². The Kier molecular flexibility index (Phi) is 4.33. The molecule has 18 heavy (non-hydrogen) atoms. The average Bonchev–Trinajstić information content (AvgIpc) is 2.47. The lowest BCUT2D eigenvalue weighted by atomic mass is 10.0. The maximum Gasteiger partial charge on any atom is 0.337 e. The topological polar surface area (TPSA) is 38.8 Å². The molecule has 0 unspecified atom stereocenters. The normalized spacial score (nSPS) is 18.3. The third kappa shape index (κ3) is 2.89. The molecule has 2 rings (SSSR count). The molecule has 0 radical (unpaired) electrons. The first-order chi connectivity index (χ1) is 8.72. The van der Waals surface area contributed by atoms with Crippen molar-refractivity contribution in [3.05, 3.63) is 35.4 Å². The molecule has 98 valence electrons. The van der Waals surface area contributed by atoms with E-state index in [0.29, 0.717) is 11.6 Å². The largest absolute Gasteiger partial charge is 0.465 e. The third-order valence-corrected chi connectivity index (χ3v) is 3.41. The highest BCUT2D eigenvalue weighted by Crippen LogP contribution is 2.21. The quantitative estimate of drug-likeness (QED) is 0.767. The van der Waals surface area contributed by atoms with Crippen molar-refractivity contribution in [1.82, 2.24) is 4.90 Å². The van der Waals surface area contributed by atoms with Crippen LogP contribution in [0.2, 0.25) is 0 Å². The van der Waals surface area contributed by atoms with Crippen LogP contribution in [-0.4, -0.2) is 44.3 Å². The minimum absolute atomic E-state index is 0.291. The Labute approximate surface area is 107 Å². The first kappa shape index (κ1) is 13.1. The predicted octanol–water partition coefficient (Wildman–Crippen LogP) is 1.87. The fourth-order valence-corrected chi connectivity index (χ4v) is 2.19. The van der Waals surface area contributed by atoms with Crippen LogP contribution < -0.4 is 0 Å². The van der Waals surface area contributed by atoms with Crippen molar-refractivity contribution in [3.63, 3.8) is 0 Å². The van der Waals surface area contributed by atoms with Crippen LogP contribution >= 0.6 is 0 Å². The molecule has 4 nitrogen and oxygen atoms in total. The van der Waals surface area contributed by atoms with Crippen LogP contribution in [0.15, 0.2) is 24.3 Å². The van der Waals surface area contributed by atoms with Gasteiger partial charge >= 0.3 is 5.97 Å². The summed E-state index contributed by atoms with van der Waals surface area (Å²) in [5, 5.41) is 0. The zero-order valence-corrected chi connectivity index (χ0v) is 10.9. The second kappa shape index (κ2) is 5.98. The molecular weight excluding hydrogens is 230 g/mol. The number of esters is 1. The average molecular weight is 249 g/mol. The molecule has 0 N–H and O–H groups in total. The van der Waals surface area contributed by atoms with E-state index in [1.165, 1.54) is 12.7 Å². The molecule has 0 aliphatic carbocycles. The fraction of sp³-hybridized carbons (Fsp3) is 0.500. The first-order valence-electron chi connectivity index (χ1n) is 6.22. The summed E-state index contributed by atoms with van der Waals surface area (Å²) < 4.78 is 10.0. The van der Waals surface area contributed by atoms with Gasteiger partial charge in [-0.1, -0.05) is 12.1 Å². The molecule has 4 heteroatoms. The minimum Gasteiger partial charge on any atom is -0.465 e. The summed E-state index contributed by atoms with van der Waals surface area (Å²) in [5.74, 6) is -0.291. The summed E-state index contributed by atoms with van der Waals surface area (Å²) in [6.07, 6.45) is 0. The predicted molar refractivity (Wildman–Crippen MR) is 68.6 cm³/mol. The van der Waals surface area contributed by atoms with Crippen LogP contribution in [-0.2, 0) is 9.47 Å². The van der Waals surface area contributed by atoms with E-state index in [1.54, 1.807) is 0 Å². The highest BCUT2D eigenvalue weighted by molar-refractivity contribution is 5.89. The molecule has 1 aliphatic heterocycles. The number of rotatable bonds is 3. The van der Waals surface area contributed by atoms with Crippen molar-refractivity contribution < 1.29 is 14.3 Å². The number of nitrogens with zero attached hydrogens (tertiary/aromatic N) is 1. The number of morpholine rings is 1. The minimum atomic E-state index is -0.291. The number of benzene rings is 1. The Morgan fingerprint density at radius 1 is 1.28 bits per heavy atom. The second-order valence-corrected chi connectivity index (χ2v) is 4.44. The van der Waals surface area contributed by atoms with E-state index >= 15 is 0 Å². The van der Waals surface area contributed by atoms with Gasteiger partial charge in [0.25, 0.3) is 0 Å². The van der Waals surface area contributed by atoms with Gasteiger partial charge in [-0.3, -0.25) is 4.90 Å². The van der Waals surface area contributed by atoms with Crippen LogP contribution in [0.25, 0.3) is 0 Å². The van der Waals surface area contributed by atoms with Gasteiger partial charge in [0.2, 0.25) is 0 Å². The van der Waals surface area contributed by atoms with E-state index in [0.717, 1.165) is 26.3 Å². The Bertz CT molecular complexity index is 396. The van der Waals surface area contributed by atoms with Crippen molar-refractivity contribution in [3.8, 4) is 0 Å².